The SMILES string of the molecule is Cc1ccc2oc(-c3ccncc3-n3ccnc3)nc2c1. The number of pyridine rings is 1. The summed E-state index contributed by atoms with van der Waals surface area (Å²) in [6, 6.07) is 7.87. The lowest BCUT2D eigenvalue weighted by atomic mass is 10.2. The van der Waals surface area contributed by atoms with Gasteiger partial charge in [-0.1, -0.05) is 6.07 Å². The second kappa shape index (κ2) is 4.56. The zero-order valence-electron chi connectivity index (χ0n) is 11.4. The molecule has 0 amide bonds. The number of hydrogen-bond acceptors (Lipinski definition) is 4. The van der Waals surface area contributed by atoms with Crippen LogP contribution in [0.3, 0.4) is 0 Å². The lowest BCUT2D eigenvalue weighted by Crippen LogP contribution is -1.95. The quantitative estimate of drug-likeness (QED) is 0.563. The minimum atomic E-state index is 0.585. The summed E-state index contributed by atoms with van der Waals surface area (Å²) in [5.74, 6) is 0.585. The second-order valence-corrected chi connectivity index (χ2v) is 4.85. The summed E-state index contributed by atoms with van der Waals surface area (Å²) in [6.07, 6.45) is 8.83. The molecule has 5 nitrogen and oxygen atoms in total. The molecule has 0 aliphatic heterocycles. The average molecular weight is 276 g/mol. The largest absolute Gasteiger partial charge is 0.436 e. The Kier molecular flexibility index (Phi) is 2.57. The Morgan fingerprint density at radius 3 is 2.90 bits per heavy atom. The van der Waals surface area contributed by atoms with Crippen LogP contribution in [0.1, 0.15) is 5.56 Å². The monoisotopic (exact) mass is 276 g/mol. The highest BCUT2D eigenvalue weighted by Gasteiger charge is 2.13. The van der Waals surface area contributed by atoms with Crippen molar-refractivity contribution in [1.82, 2.24) is 19.5 Å². The van der Waals surface area contributed by atoms with Gasteiger partial charge in [0.2, 0.25) is 5.89 Å². The molecule has 21 heavy (non-hydrogen) atoms. The summed E-state index contributed by atoms with van der Waals surface area (Å²) in [5.41, 5.74) is 4.57. The van der Waals surface area contributed by atoms with Crippen LogP contribution in [0.25, 0.3) is 28.2 Å². The number of hydrogen-bond donors (Lipinski definition) is 0. The molecule has 0 saturated carbocycles. The van der Waals surface area contributed by atoms with Crippen LogP contribution >= 0.6 is 0 Å². The maximum atomic E-state index is 5.88. The standard InChI is InChI=1S/C16H12N4O/c1-11-2-3-15-13(8-11)19-16(21-15)12-4-5-17-9-14(12)20-7-6-18-10-20/h2-10H,1H3. The van der Waals surface area contributed by atoms with E-state index >= 15 is 0 Å². The molecule has 1 aromatic carbocycles. The van der Waals surface area contributed by atoms with Crippen LogP contribution in [-0.4, -0.2) is 19.5 Å². The van der Waals surface area contributed by atoms with Crippen molar-refractivity contribution in [1.29, 1.82) is 0 Å². The first-order valence-corrected chi connectivity index (χ1v) is 6.61. The summed E-state index contributed by atoms with van der Waals surface area (Å²) >= 11 is 0. The predicted molar refractivity (Wildman–Crippen MR) is 79.1 cm³/mol. The van der Waals surface area contributed by atoms with Gasteiger partial charge in [0.05, 0.1) is 23.8 Å². The summed E-state index contributed by atoms with van der Waals surface area (Å²) in [4.78, 5) is 12.8. The molecular formula is C16H12N4O. The Morgan fingerprint density at radius 1 is 1.10 bits per heavy atom. The van der Waals surface area contributed by atoms with E-state index in [-0.39, 0.29) is 0 Å². The first-order chi connectivity index (χ1) is 10.3. The molecule has 0 atom stereocenters. The Bertz CT molecular complexity index is 909. The normalized spacial score (nSPS) is 11.1. The fourth-order valence-corrected chi connectivity index (χ4v) is 2.33. The van der Waals surface area contributed by atoms with Crippen molar-refractivity contribution in [2.45, 2.75) is 6.92 Å². The Labute approximate surface area is 120 Å². The van der Waals surface area contributed by atoms with E-state index in [4.69, 9.17) is 4.42 Å². The minimum Gasteiger partial charge on any atom is -0.436 e. The number of nitrogens with zero attached hydrogens (tertiary/aromatic N) is 4. The maximum absolute atomic E-state index is 5.88. The molecule has 3 aromatic heterocycles. The number of aryl methyl sites for hydroxylation is 1. The van der Waals surface area contributed by atoms with Gasteiger partial charge in [0.15, 0.2) is 5.58 Å². The molecule has 0 aliphatic carbocycles. The summed E-state index contributed by atoms with van der Waals surface area (Å²) in [6.45, 7) is 2.04. The van der Waals surface area contributed by atoms with Crippen molar-refractivity contribution in [3.63, 3.8) is 0 Å². The van der Waals surface area contributed by atoms with Gasteiger partial charge in [-0.25, -0.2) is 9.97 Å². The molecule has 0 saturated heterocycles. The van der Waals surface area contributed by atoms with E-state index in [0.717, 1.165) is 27.9 Å². The van der Waals surface area contributed by atoms with E-state index in [1.807, 2.05) is 42.0 Å². The molecule has 0 aliphatic rings. The zero-order chi connectivity index (χ0) is 14.2. The van der Waals surface area contributed by atoms with Crippen molar-refractivity contribution in [2.75, 3.05) is 0 Å². The van der Waals surface area contributed by atoms with Crippen LogP contribution in [0.15, 0.2) is 59.8 Å². The number of benzene rings is 1. The summed E-state index contributed by atoms with van der Waals surface area (Å²) < 4.78 is 7.77. The van der Waals surface area contributed by atoms with Crippen LogP contribution in [0.4, 0.5) is 0 Å². The molecule has 4 aromatic rings. The van der Waals surface area contributed by atoms with Gasteiger partial charge < -0.3 is 8.98 Å². The van der Waals surface area contributed by atoms with Gasteiger partial charge in [-0.3, -0.25) is 4.98 Å². The van der Waals surface area contributed by atoms with Crippen molar-refractivity contribution < 1.29 is 4.42 Å². The van der Waals surface area contributed by atoms with Crippen LogP contribution in [0.5, 0.6) is 0 Å². The topological polar surface area (TPSA) is 56.7 Å². The number of fused-ring (bicyclic) bond motifs is 1. The summed E-state index contributed by atoms with van der Waals surface area (Å²) in [7, 11) is 0. The Morgan fingerprint density at radius 2 is 2.05 bits per heavy atom. The third-order valence-corrected chi connectivity index (χ3v) is 3.36. The molecule has 4 rings (SSSR count). The predicted octanol–water partition coefficient (Wildman–Crippen LogP) is 3.38. The van der Waals surface area contributed by atoms with Crippen molar-refractivity contribution in [3.05, 3.63) is 60.9 Å². The first kappa shape index (κ1) is 11.8. The highest BCUT2D eigenvalue weighted by Crippen LogP contribution is 2.28. The fraction of sp³-hybridized carbons (Fsp3) is 0.0625. The molecule has 0 N–H and O–H groups in total. The Hall–Kier alpha value is -2.95. The number of rotatable bonds is 2. The van der Waals surface area contributed by atoms with Crippen molar-refractivity contribution >= 4 is 11.1 Å². The van der Waals surface area contributed by atoms with Crippen LogP contribution < -0.4 is 0 Å². The Balaban J connectivity index is 1.93. The van der Waals surface area contributed by atoms with Gasteiger partial charge in [-0.05, 0) is 30.7 Å². The van der Waals surface area contributed by atoms with Crippen LogP contribution in [0, 0.1) is 6.92 Å². The van der Waals surface area contributed by atoms with Crippen molar-refractivity contribution in [2.24, 2.45) is 0 Å². The molecule has 0 fully saturated rings. The highest BCUT2D eigenvalue weighted by molar-refractivity contribution is 5.78. The summed E-state index contributed by atoms with van der Waals surface area (Å²) in [5, 5.41) is 0. The van der Waals surface area contributed by atoms with E-state index in [1.54, 1.807) is 24.9 Å². The smallest absolute Gasteiger partial charge is 0.229 e. The van der Waals surface area contributed by atoms with E-state index in [2.05, 4.69) is 15.0 Å². The molecule has 0 radical (unpaired) electrons. The van der Waals surface area contributed by atoms with E-state index in [0.29, 0.717) is 5.89 Å². The average Bonchev–Trinajstić information content (AvgIpc) is 3.16. The van der Waals surface area contributed by atoms with Crippen molar-refractivity contribution in [3.8, 4) is 17.1 Å². The molecule has 0 spiro atoms. The number of imidazole rings is 1. The lowest BCUT2D eigenvalue weighted by molar-refractivity contribution is 0.619. The molecule has 3 heterocycles. The van der Waals surface area contributed by atoms with E-state index < -0.39 is 0 Å². The molecule has 0 bridgehead atoms. The lowest BCUT2D eigenvalue weighted by Gasteiger charge is -2.05. The highest BCUT2D eigenvalue weighted by atomic mass is 16.3. The maximum Gasteiger partial charge on any atom is 0.229 e. The fourth-order valence-electron chi connectivity index (χ4n) is 2.33. The molecule has 102 valence electrons. The first-order valence-electron chi connectivity index (χ1n) is 6.61. The van der Waals surface area contributed by atoms with Crippen LogP contribution in [0.2, 0.25) is 0 Å². The molecular weight excluding hydrogens is 264 g/mol. The van der Waals surface area contributed by atoms with Crippen LogP contribution in [-0.2, 0) is 0 Å². The number of aromatic nitrogens is 4. The second-order valence-electron chi connectivity index (χ2n) is 4.85. The third kappa shape index (κ3) is 1.99. The zero-order valence-corrected chi connectivity index (χ0v) is 11.4. The van der Waals surface area contributed by atoms with Gasteiger partial charge in [-0.2, -0.15) is 0 Å². The van der Waals surface area contributed by atoms with Gasteiger partial charge >= 0.3 is 0 Å². The van der Waals surface area contributed by atoms with E-state index in [9.17, 15) is 0 Å². The third-order valence-electron chi connectivity index (χ3n) is 3.36. The van der Waals surface area contributed by atoms with Gasteiger partial charge in [0, 0.05) is 18.6 Å². The number of oxazole rings is 1. The molecule has 5 heteroatoms. The van der Waals surface area contributed by atoms with Gasteiger partial charge in [-0.15, -0.1) is 0 Å². The molecule has 0 unspecified atom stereocenters. The van der Waals surface area contributed by atoms with E-state index in [1.165, 1.54) is 0 Å². The minimum absolute atomic E-state index is 0.585. The van der Waals surface area contributed by atoms with Gasteiger partial charge in [0.1, 0.15) is 5.52 Å². The van der Waals surface area contributed by atoms with Gasteiger partial charge in [0.25, 0.3) is 0 Å².